The maximum Gasteiger partial charge on any atom is 0.406 e. The number of halogens is 3. The van der Waals surface area contributed by atoms with Gasteiger partial charge >= 0.3 is 6.18 Å². The third-order valence-electron chi connectivity index (χ3n) is 7.03. The number of rotatable bonds is 4. The fourth-order valence-corrected chi connectivity index (χ4v) is 5.41. The second-order valence-electron chi connectivity index (χ2n) is 9.17. The third kappa shape index (κ3) is 3.88. The minimum absolute atomic E-state index is 0.0200. The summed E-state index contributed by atoms with van der Waals surface area (Å²) in [6, 6.07) is 6.42. The van der Waals surface area contributed by atoms with E-state index in [1.807, 2.05) is 0 Å². The molecule has 1 aromatic carbocycles. The molecular formula is C24H27F3N4O3. The molecule has 7 nitrogen and oxygen atoms in total. The lowest BCUT2D eigenvalue weighted by atomic mass is 9.87. The first-order valence-corrected chi connectivity index (χ1v) is 11.6. The molecule has 34 heavy (non-hydrogen) atoms. The quantitative estimate of drug-likeness (QED) is 0.620. The lowest BCUT2D eigenvalue weighted by Gasteiger charge is -2.34. The highest BCUT2D eigenvalue weighted by molar-refractivity contribution is 6.19. The van der Waals surface area contributed by atoms with Gasteiger partial charge in [0, 0.05) is 11.6 Å². The lowest BCUT2D eigenvalue weighted by molar-refractivity contribution is -0.161. The Hall–Kier alpha value is -2.85. The molecule has 0 radical (unpaired) electrons. The number of hydrazine groups is 1. The normalized spacial score (nSPS) is 26.1. The summed E-state index contributed by atoms with van der Waals surface area (Å²) in [6.45, 7) is 1.30. The van der Waals surface area contributed by atoms with Crippen LogP contribution in [-0.2, 0) is 11.4 Å². The van der Waals surface area contributed by atoms with Gasteiger partial charge < -0.3 is 14.8 Å². The van der Waals surface area contributed by atoms with E-state index < -0.39 is 30.2 Å². The van der Waals surface area contributed by atoms with Gasteiger partial charge in [-0.3, -0.25) is 4.79 Å². The van der Waals surface area contributed by atoms with Crippen LogP contribution in [0.25, 0.3) is 5.57 Å². The lowest BCUT2D eigenvalue weighted by Crippen LogP contribution is -2.54. The summed E-state index contributed by atoms with van der Waals surface area (Å²) in [6.07, 6.45) is -0.449. The smallest absolute Gasteiger partial charge is 0.406 e. The first-order chi connectivity index (χ1) is 16.3. The number of alkyl halides is 3. The van der Waals surface area contributed by atoms with E-state index in [1.165, 1.54) is 0 Å². The van der Waals surface area contributed by atoms with Crippen LogP contribution in [0.2, 0.25) is 0 Å². The van der Waals surface area contributed by atoms with Crippen molar-refractivity contribution in [1.29, 1.82) is 0 Å². The molecule has 2 aromatic rings. The maximum atomic E-state index is 14.0. The number of aliphatic hydroxyl groups is 1. The molecule has 5 rings (SSSR count). The highest BCUT2D eigenvalue weighted by atomic mass is 19.4. The average molecular weight is 476 g/mol. The Morgan fingerprint density at radius 3 is 2.53 bits per heavy atom. The topological polar surface area (TPSA) is 90.6 Å². The molecule has 3 heterocycles. The van der Waals surface area contributed by atoms with Crippen molar-refractivity contribution in [3.63, 3.8) is 0 Å². The van der Waals surface area contributed by atoms with Crippen molar-refractivity contribution in [2.45, 2.75) is 75.9 Å². The zero-order valence-electron chi connectivity index (χ0n) is 18.7. The third-order valence-corrected chi connectivity index (χ3v) is 7.03. The van der Waals surface area contributed by atoms with Gasteiger partial charge in [-0.2, -0.15) is 13.2 Å². The molecule has 3 atom stereocenters. The molecule has 1 aromatic heterocycles. The van der Waals surface area contributed by atoms with Crippen molar-refractivity contribution in [1.82, 2.24) is 20.7 Å². The van der Waals surface area contributed by atoms with E-state index in [9.17, 15) is 23.1 Å². The van der Waals surface area contributed by atoms with Crippen LogP contribution in [-0.4, -0.2) is 39.4 Å². The van der Waals surface area contributed by atoms with Gasteiger partial charge in [0.25, 0.3) is 5.91 Å². The van der Waals surface area contributed by atoms with Gasteiger partial charge in [-0.15, -0.1) is 0 Å². The van der Waals surface area contributed by atoms with Gasteiger partial charge in [0.2, 0.25) is 5.89 Å². The van der Waals surface area contributed by atoms with Crippen molar-refractivity contribution < 1.29 is 27.5 Å². The number of carbonyl (C=O) groups excluding carboxylic acids is 1. The Labute approximate surface area is 195 Å². The summed E-state index contributed by atoms with van der Waals surface area (Å²) < 4.78 is 48.0. The van der Waals surface area contributed by atoms with Crippen LogP contribution in [0.4, 0.5) is 13.2 Å². The van der Waals surface area contributed by atoms with Crippen LogP contribution in [0, 0.1) is 0 Å². The van der Waals surface area contributed by atoms with Crippen molar-refractivity contribution in [3.05, 3.63) is 58.9 Å². The molecule has 1 aliphatic carbocycles. The minimum Gasteiger partial charge on any atom is -0.440 e. The second-order valence-corrected chi connectivity index (χ2v) is 9.17. The van der Waals surface area contributed by atoms with Crippen LogP contribution in [0.3, 0.4) is 0 Å². The van der Waals surface area contributed by atoms with E-state index in [-0.39, 0.29) is 24.0 Å². The molecule has 1 amide bonds. The standard InChI is InChI=1S/C24H27F3N4O3/c1-13-17(22-29-16(12-32)19(34-22)15-10-6-3-7-11-15)23(33)31-21(28-13)18(14-8-4-2-5-9-14)20(30-31)24(25,26)27/h2,4-5,8-9,15,18,20-21,28,30,32H,3,6-7,10-12H2,1H3. The zero-order valence-corrected chi connectivity index (χ0v) is 18.7. The number of amides is 1. The van der Waals surface area contributed by atoms with Crippen molar-refractivity contribution in [2.24, 2.45) is 0 Å². The number of hydrogen-bond acceptors (Lipinski definition) is 6. The minimum atomic E-state index is -4.57. The summed E-state index contributed by atoms with van der Waals surface area (Å²) in [5, 5.41) is 13.9. The SMILES string of the molecule is CC1=C(c2nc(CO)c(C3CCCCC3)o2)C(=O)N2NC(C(F)(F)F)C(c3ccccc3)C2N1. The summed E-state index contributed by atoms with van der Waals surface area (Å²) in [5.41, 5.74) is 3.69. The van der Waals surface area contributed by atoms with Crippen LogP contribution >= 0.6 is 0 Å². The predicted molar refractivity (Wildman–Crippen MR) is 117 cm³/mol. The van der Waals surface area contributed by atoms with Crippen LogP contribution in [0.15, 0.2) is 40.4 Å². The van der Waals surface area contributed by atoms with Crippen molar-refractivity contribution in [2.75, 3.05) is 0 Å². The second kappa shape index (κ2) is 8.74. The van der Waals surface area contributed by atoms with Gasteiger partial charge in [0.05, 0.1) is 12.5 Å². The first-order valence-electron chi connectivity index (χ1n) is 11.6. The molecule has 2 aliphatic heterocycles. The number of nitrogens with one attached hydrogen (secondary N) is 2. The van der Waals surface area contributed by atoms with E-state index in [0.717, 1.165) is 37.1 Å². The molecule has 10 heteroatoms. The summed E-state index contributed by atoms with van der Waals surface area (Å²) in [4.78, 5) is 17.9. The average Bonchev–Trinajstić information content (AvgIpc) is 3.42. The number of fused-ring (bicyclic) bond motifs is 1. The number of aromatic nitrogens is 1. The number of allylic oxidation sites excluding steroid dienone is 1. The molecule has 182 valence electrons. The molecule has 2 fully saturated rings. The van der Waals surface area contributed by atoms with Crippen LogP contribution in [0.1, 0.15) is 73.8 Å². The van der Waals surface area contributed by atoms with E-state index >= 15 is 0 Å². The highest BCUT2D eigenvalue weighted by Crippen LogP contribution is 2.43. The van der Waals surface area contributed by atoms with Crippen molar-refractivity contribution in [3.8, 4) is 0 Å². The zero-order chi connectivity index (χ0) is 24.0. The Kier molecular flexibility index (Phi) is 5.89. The fourth-order valence-electron chi connectivity index (χ4n) is 5.41. The molecule has 3 aliphatic rings. The number of carbonyl (C=O) groups is 1. The van der Waals surface area contributed by atoms with Gasteiger partial charge in [-0.05, 0) is 25.3 Å². The molecule has 3 unspecified atom stereocenters. The van der Waals surface area contributed by atoms with Gasteiger partial charge in [-0.1, -0.05) is 49.6 Å². The molecule has 0 bridgehead atoms. The van der Waals surface area contributed by atoms with E-state index in [4.69, 9.17) is 4.42 Å². The first kappa shape index (κ1) is 22.9. The van der Waals surface area contributed by atoms with Gasteiger partial charge in [0.1, 0.15) is 29.2 Å². The van der Waals surface area contributed by atoms with Crippen LogP contribution in [0.5, 0.6) is 0 Å². The van der Waals surface area contributed by atoms with E-state index in [0.29, 0.717) is 22.7 Å². The number of benzene rings is 1. The summed E-state index contributed by atoms with van der Waals surface area (Å²) in [5.74, 6) is -0.991. The number of nitrogens with zero attached hydrogens (tertiary/aromatic N) is 2. The van der Waals surface area contributed by atoms with Gasteiger partial charge in [0.15, 0.2) is 0 Å². The number of oxazole rings is 1. The Morgan fingerprint density at radius 2 is 1.88 bits per heavy atom. The molecular weight excluding hydrogens is 449 g/mol. The van der Waals surface area contributed by atoms with Gasteiger partial charge in [-0.25, -0.2) is 15.4 Å². The van der Waals surface area contributed by atoms with Crippen LogP contribution < -0.4 is 10.7 Å². The Balaban J connectivity index is 1.51. The molecule has 3 N–H and O–H groups in total. The monoisotopic (exact) mass is 476 g/mol. The molecule has 1 saturated carbocycles. The Bertz CT molecular complexity index is 1090. The number of hydrogen-bond donors (Lipinski definition) is 3. The molecule has 1 saturated heterocycles. The molecule has 0 spiro atoms. The van der Waals surface area contributed by atoms with E-state index in [2.05, 4.69) is 15.7 Å². The van der Waals surface area contributed by atoms with E-state index in [1.54, 1.807) is 37.3 Å². The maximum absolute atomic E-state index is 14.0. The summed E-state index contributed by atoms with van der Waals surface area (Å²) >= 11 is 0. The van der Waals surface area contributed by atoms with Crippen molar-refractivity contribution >= 4 is 11.5 Å². The Morgan fingerprint density at radius 1 is 1.18 bits per heavy atom. The fraction of sp³-hybridized carbons (Fsp3) is 0.500. The number of aliphatic hydroxyl groups excluding tert-OH is 1. The largest absolute Gasteiger partial charge is 0.440 e. The predicted octanol–water partition coefficient (Wildman–Crippen LogP) is 3.94. The summed E-state index contributed by atoms with van der Waals surface area (Å²) in [7, 11) is 0. The highest BCUT2D eigenvalue weighted by Gasteiger charge is 2.58.